The second-order valence-corrected chi connectivity index (χ2v) is 8.05. The van der Waals surface area contributed by atoms with Crippen LogP contribution in [0.15, 0.2) is 0 Å². The molecular formula is C16H27N3O3S. The number of ether oxygens (including phenoxy) is 2. The van der Waals surface area contributed by atoms with Gasteiger partial charge in [-0.3, -0.25) is 5.32 Å². The third kappa shape index (κ3) is 5.16. The molecule has 1 aliphatic heterocycles. The first kappa shape index (κ1) is 18.2. The van der Waals surface area contributed by atoms with E-state index in [4.69, 9.17) is 9.47 Å². The van der Waals surface area contributed by atoms with Gasteiger partial charge in [0.15, 0.2) is 5.13 Å². The van der Waals surface area contributed by atoms with Gasteiger partial charge in [-0.25, -0.2) is 9.78 Å². The molecular weight excluding hydrogens is 314 g/mol. The highest BCUT2D eigenvalue weighted by Gasteiger charge is 2.33. The average Bonchev–Trinajstić information content (AvgIpc) is 2.77. The number of nitrogens with zero attached hydrogens (tertiary/aromatic N) is 1. The van der Waals surface area contributed by atoms with Gasteiger partial charge in [0, 0.05) is 18.4 Å². The van der Waals surface area contributed by atoms with Gasteiger partial charge in [0.05, 0.1) is 11.3 Å². The van der Waals surface area contributed by atoms with Crippen molar-refractivity contribution in [3.63, 3.8) is 0 Å². The predicted octanol–water partition coefficient (Wildman–Crippen LogP) is 3.11. The van der Waals surface area contributed by atoms with Crippen molar-refractivity contribution in [1.29, 1.82) is 0 Å². The van der Waals surface area contributed by atoms with Crippen LogP contribution in [0.4, 0.5) is 9.93 Å². The molecule has 1 saturated heterocycles. The van der Waals surface area contributed by atoms with Crippen molar-refractivity contribution in [2.75, 3.05) is 25.5 Å². The molecule has 6 nitrogen and oxygen atoms in total. The van der Waals surface area contributed by atoms with Crippen LogP contribution in [0.25, 0.3) is 0 Å². The molecule has 0 spiro atoms. The molecule has 1 fully saturated rings. The van der Waals surface area contributed by atoms with Crippen molar-refractivity contribution in [1.82, 2.24) is 10.3 Å². The lowest BCUT2D eigenvalue weighted by Crippen LogP contribution is -2.44. The smallest absolute Gasteiger partial charge is 0.413 e. The van der Waals surface area contributed by atoms with Gasteiger partial charge in [-0.05, 0) is 53.6 Å². The van der Waals surface area contributed by atoms with Crippen molar-refractivity contribution in [2.24, 2.45) is 0 Å². The zero-order valence-electron chi connectivity index (χ0n) is 14.6. The minimum atomic E-state index is -0.519. The molecule has 2 rings (SSSR count). The molecule has 1 aromatic heterocycles. The van der Waals surface area contributed by atoms with Crippen molar-refractivity contribution in [3.05, 3.63) is 10.6 Å². The van der Waals surface area contributed by atoms with Crippen LogP contribution >= 0.6 is 11.3 Å². The Morgan fingerprint density at radius 1 is 1.39 bits per heavy atom. The van der Waals surface area contributed by atoms with E-state index >= 15 is 0 Å². The Morgan fingerprint density at radius 2 is 2.04 bits per heavy atom. The molecule has 0 unspecified atom stereocenters. The van der Waals surface area contributed by atoms with Gasteiger partial charge in [0.1, 0.15) is 5.60 Å². The quantitative estimate of drug-likeness (QED) is 0.880. The van der Waals surface area contributed by atoms with Crippen molar-refractivity contribution in [3.8, 4) is 0 Å². The molecule has 2 N–H and O–H groups in total. The molecule has 0 bridgehead atoms. The lowest BCUT2D eigenvalue weighted by molar-refractivity contribution is -0.0329. The fourth-order valence-corrected chi connectivity index (χ4v) is 3.74. The van der Waals surface area contributed by atoms with Gasteiger partial charge >= 0.3 is 6.09 Å². The van der Waals surface area contributed by atoms with E-state index in [-0.39, 0.29) is 5.60 Å². The topological polar surface area (TPSA) is 72.5 Å². The summed E-state index contributed by atoms with van der Waals surface area (Å²) in [6.45, 7) is 9.42. The lowest BCUT2D eigenvalue weighted by atomic mass is 9.88. The van der Waals surface area contributed by atoms with Crippen LogP contribution in [0.2, 0.25) is 0 Å². The standard InChI is InChI=1S/C16H27N3O3S/c1-11-12(10-16(21-5)6-8-17-9-7-16)23-13(18-11)19-14(20)22-15(2,3)4/h17H,6-10H2,1-5H3,(H,18,19,20). The number of methoxy groups -OCH3 is 1. The summed E-state index contributed by atoms with van der Waals surface area (Å²) in [4.78, 5) is 17.5. The highest BCUT2D eigenvalue weighted by Crippen LogP contribution is 2.32. The number of piperidine rings is 1. The third-order valence-corrected chi connectivity index (χ3v) is 5.00. The molecule has 2 heterocycles. The number of rotatable bonds is 4. The van der Waals surface area contributed by atoms with E-state index in [2.05, 4.69) is 15.6 Å². The van der Waals surface area contributed by atoms with E-state index in [0.29, 0.717) is 5.13 Å². The summed E-state index contributed by atoms with van der Waals surface area (Å²) in [5, 5.41) is 6.66. The Hall–Kier alpha value is -1.18. The summed E-state index contributed by atoms with van der Waals surface area (Å²) >= 11 is 1.50. The number of nitrogens with one attached hydrogen (secondary N) is 2. The van der Waals surface area contributed by atoms with Gasteiger partial charge in [0.2, 0.25) is 0 Å². The maximum Gasteiger partial charge on any atom is 0.413 e. The largest absolute Gasteiger partial charge is 0.444 e. The van der Waals surface area contributed by atoms with Crippen molar-refractivity contribution in [2.45, 2.75) is 58.2 Å². The summed E-state index contributed by atoms with van der Waals surface area (Å²) in [7, 11) is 1.78. The van der Waals surface area contributed by atoms with Crippen LogP contribution in [0.1, 0.15) is 44.2 Å². The first-order chi connectivity index (χ1) is 10.7. The number of carbonyl (C=O) groups is 1. The summed E-state index contributed by atoms with van der Waals surface area (Å²) in [6.07, 6.45) is 2.32. The zero-order chi connectivity index (χ0) is 17.1. The number of hydrogen-bond acceptors (Lipinski definition) is 6. The lowest BCUT2D eigenvalue weighted by Gasteiger charge is -2.36. The fraction of sp³-hybridized carbons (Fsp3) is 0.750. The Labute approximate surface area is 142 Å². The summed E-state index contributed by atoms with van der Waals surface area (Å²) < 4.78 is 11.1. The minimum absolute atomic E-state index is 0.133. The van der Waals surface area contributed by atoms with E-state index < -0.39 is 11.7 Å². The monoisotopic (exact) mass is 341 g/mol. The minimum Gasteiger partial charge on any atom is -0.444 e. The van der Waals surface area contributed by atoms with E-state index in [1.54, 1.807) is 7.11 Å². The average molecular weight is 341 g/mol. The molecule has 0 atom stereocenters. The normalized spacial score (nSPS) is 17.8. The van der Waals surface area contributed by atoms with Gasteiger partial charge in [-0.2, -0.15) is 0 Å². The molecule has 1 aliphatic rings. The first-order valence-electron chi connectivity index (χ1n) is 7.95. The van der Waals surface area contributed by atoms with Gasteiger partial charge < -0.3 is 14.8 Å². The van der Waals surface area contributed by atoms with E-state index in [9.17, 15) is 4.79 Å². The van der Waals surface area contributed by atoms with Gasteiger partial charge in [-0.1, -0.05) is 0 Å². The van der Waals surface area contributed by atoms with E-state index in [1.807, 2.05) is 27.7 Å². The highest BCUT2D eigenvalue weighted by molar-refractivity contribution is 7.15. The number of carbonyl (C=O) groups excluding carboxylic acids is 1. The third-order valence-electron chi connectivity index (χ3n) is 3.93. The molecule has 1 amide bonds. The fourth-order valence-electron chi connectivity index (χ4n) is 2.66. The van der Waals surface area contributed by atoms with Gasteiger partial charge in [-0.15, -0.1) is 11.3 Å². The van der Waals surface area contributed by atoms with Crippen molar-refractivity contribution >= 4 is 22.6 Å². The van der Waals surface area contributed by atoms with Crippen LogP contribution in [-0.2, 0) is 15.9 Å². The molecule has 0 aromatic carbocycles. The molecule has 130 valence electrons. The maximum absolute atomic E-state index is 11.9. The maximum atomic E-state index is 11.9. The molecule has 0 radical (unpaired) electrons. The number of amides is 1. The van der Waals surface area contributed by atoms with Crippen molar-refractivity contribution < 1.29 is 14.3 Å². The Morgan fingerprint density at radius 3 is 2.61 bits per heavy atom. The Kier molecular flexibility index (Phi) is 5.65. The van der Waals surface area contributed by atoms with Crippen LogP contribution < -0.4 is 10.6 Å². The zero-order valence-corrected chi connectivity index (χ0v) is 15.4. The second kappa shape index (κ2) is 7.15. The molecule has 7 heteroatoms. The number of aromatic nitrogens is 1. The SMILES string of the molecule is COC1(Cc2sc(NC(=O)OC(C)(C)C)nc2C)CCNCC1. The number of hydrogen-bond donors (Lipinski definition) is 2. The van der Waals surface area contributed by atoms with Crippen LogP contribution in [0.5, 0.6) is 0 Å². The molecule has 0 saturated carbocycles. The van der Waals surface area contributed by atoms with Crippen LogP contribution in [-0.4, -0.2) is 42.5 Å². The number of anilines is 1. The number of aryl methyl sites for hydroxylation is 1. The first-order valence-corrected chi connectivity index (χ1v) is 8.77. The summed E-state index contributed by atoms with van der Waals surface area (Å²) in [6, 6.07) is 0. The Balaban J connectivity index is 2.04. The van der Waals surface area contributed by atoms with Gasteiger partial charge in [0.25, 0.3) is 0 Å². The van der Waals surface area contributed by atoms with Crippen LogP contribution in [0.3, 0.4) is 0 Å². The predicted molar refractivity (Wildman–Crippen MR) is 92.3 cm³/mol. The number of thiazole rings is 1. The molecule has 1 aromatic rings. The Bertz CT molecular complexity index is 545. The van der Waals surface area contributed by atoms with Crippen LogP contribution in [0, 0.1) is 6.92 Å². The molecule has 23 heavy (non-hydrogen) atoms. The summed E-state index contributed by atoms with van der Waals surface area (Å²) in [5.74, 6) is 0. The van der Waals surface area contributed by atoms with E-state index in [0.717, 1.165) is 42.9 Å². The van der Waals surface area contributed by atoms with E-state index in [1.165, 1.54) is 11.3 Å². The molecule has 0 aliphatic carbocycles. The second-order valence-electron chi connectivity index (χ2n) is 6.97. The summed E-state index contributed by atoms with van der Waals surface area (Å²) in [5.41, 5.74) is 0.288. The highest BCUT2D eigenvalue weighted by atomic mass is 32.1.